The van der Waals surface area contributed by atoms with Crippen LogP contribution in [-0.4, -0.2) is 0 Å². The minimum Gasteiger partial charge on any atom is -0.326 e. The van der Waals surface area contributed by atoms with Gasteiger partial charge in [-0.15, -0.1) is 23.7 Å². The zero-order valence-electron chi connectivity index (χ0n) is 6.49. The molecule has 1 nitrogen and oxygen atoms in total. The summed E-state index contributed by atoms with van der Waals surface area (Å²) < 4.78 is 1.33. The van der Waals surface area contributed by atoms with Gasteiger partial charge in [-0.3, -0.25) is 0 Å². The van der Waals surface area contributed by atoms with Crippen molar-refractivity contribution in [3.63, 3.8) is 0 Å². The van der Waals surface area contributed by atoms with Crippen LogP contribution in [0.4, 0.5) is 0 Å². The Hall–Kier alpha value is -0.570. The molecule has 0 spiro atoms. The molecule has 3 heteroatoms. The van der Waals surface area contributed by atoms with E-state index in [0.717, 1.165) is 0 Å². The first-order valence-electron chi connectivity index (χ1n) is 3.57. The largest absolute Gasteiger partial charge is 0.326 e. The van der Waals surface area contributed by atoms with Gasteiger partial charge in [-0.1, -0.05) is 12.1 Å². The Bertz CT molecular complexity index is 369. The van der Waals surface area contributed by atoms with Gasteiger partial charge < -0.3 is 5.73 Å². The second-order valence-corrected chi connectivity index (χ2v) is 3.40. The van der Waals surface area contributed by atoms with Crippen molar-refractivity contribution in [2.75, 3.05) is 0 Å². The van der Waals surface area contributed by atoms with Gasteiger partial charge in [0, 0.05) is 11.2 Å². The Balaban J connectivity index is 0.000000720. The molecule has 0 saturated heterocycles. The van der Waals surface area contributed by atoms with Crippen LogP contribution < -0.4 is 5.73 Å². The third kappa shape index (κ3) is 1.46. The molecule has 2 N–H and O–H groups in total. The van der Waals surface area contributed by atoms with E-state index >= 15 is 0 Å². The summed E-state index contributed by atoms with van der Waals surface area (Å²) in [5.74, 6) is 0. The Morgan fingerprint density at radius 3 is 2.83 bits per heavy atom. The SMILES string of the molecule is Cl.NCc1cccc2sccc12. The van der Waals surface area contributed by atoms with Crippen LogP contribution in [0, 0.1) is 0 Å². The lowest BCUT2D eigenvalue weighted by atomic mass is 10.1. The van der Waals surface area contributed by atoms with Crippen molar-refractivity contribution in [1.82, 2.24) is 0 Å². The molecule has 0 aliphatic carbocycles. The minimum absolute atomic E-state index is 0. The highest BCUT2D eigenvalue weighted by Crippen LogP contribution is 2.23. The van der Waals surface area contributed by atoms with Gasteiger partial charge in [0.25, 0.3) is 0 Å². The van der Waals surface area contributed by atoms with Crippen LogP contribution in [0.3, 0.4) is 0 Å². The van der Waals surface area contributed by atoms with Gasteiger partial charge in [-0.25, -0.2) is 0 Å². The molecule has 0 fully saturated rings. The predicted octanol–water partition coefficient (Wildman–Crippen LogP) is 2.78. The average molecular weight is 200 g/mol. The number of hydrogen-bond donors (Lipinski definition) is 1. The molecule has 2 rings (SSSR count). The highest BCUT2D eigenvalue weighted by Gasteiger charge is 1.97. The first-order chi connectivity index (χ1) is 5.42. The molecule has 0 radical (unpaired) electrons. The lowest BCUT2D eigenvalue weighted by Crippen LogP contribution is -1.95. The first kappa shape index (κ1) is 9.52. The molecule has 12 heavy (non-hydrogen) atoms. The highest BCUT2D eigenvalue weighted by atomic mass is 35.5. The highest BCUT2D eigenvalue weighted by molar-refractivity contribution is 7.17. The molecule has 1 aromatic heterocycles. The monoisotopic (exact) mass is 199 g/mol. The molecular formula is C9H10ClNS. The second-order valence-electron chi connectivity index (χ2n) is 2.45. The Labute approximate surface area is 81.6 Å². The normalized spacial score (nSPS) is 9.75. The number of rotatable bonds is 1. The van der Waals surface area contributed by atoms with Gasteiger partial charge in [0.2, 0.25) is 0 Å². The van der Waals surface area contributed by atoms with Crippen LogP contribution >= 0.6 is 23.7 Å². The van der Waals surface area contributed by atoms with Gasteiger partial charge in [0.1, 0.15) is 0 Å². The Morgan fingerprint density at radius 2 is 2.08 bits per heavy atom. The van der Waals surface area contributed by atoms with Crippen molar-refractivity contribution >= 4 is 33.8 Å². The van der Waals surface area contributed by atoms with E-state index in [1.807, 2.05) is 0 Å². The molecule has 0 saturated carbocycles. The van der Waals surface area contributed by atoms with Crippen LogP contribution in [-0.2, 0) is 6.54 Å². The fourth-order valence-corrected chi connectivity index (χ4v) is 2.07. The Kier molecular flexibility index (Phi) is 3.09. The van der Waals surface area contributed by atoms with Crippen molar-refractivity contribution in [3.05, 3.63) is 35.2 Å². The summed E-state index contributed by atoms with van der Waals surface area (Å²) >= 11 is 1.76. The molecule has 0 unspecified atom stereocenters. The summed E-state index contributed by atoms with van der Waals surface area (Å²) in [5.41, 5.74) is 6.82. The third-order valence-electron chi connectivity index (χ3n) is 1.81. The summed E-state index contributed by atoms with van der Waals surface area (Å²) in [7, 11) is 0. The maximum Gasteiger partial charge on any atom is 0.0345 e. The van der Waals surface area contributed by atoms with E-state index in [-0.39, 0.29) is 12.4 Å². The van der Waals surface area contributed by atoms with E-state index in [0.29, 0.717) is 6.54 Å². The number of fused-ring (bicyclic) bond motifs is 1. The quantitative estimate of drug-likeness (QED) is 0.751. The van der Waals surface area contributed by atoms with Gasteiger partial charge in [0.05, 0.1) is 0 Å². The zero-order valence-corrected chi connectivity index (χ0v) is 8.12. The molecule has 64 valence electrons. The number of halogens is 1. The van der Waals surface area contributed by atoms with Crippen molar-refractivity contribution in [3.8, 4) is 0 Å². The van der Waals surface area contributed by atoms with Crippen LogP contribution in [0.15, 0.2) is 29.6 Å². The standard InChI is InChI=1S/C9H9NS.ClH/c10-6-7-2-1-3-9-8(7)4-5-11-9;/h1-5H,6,10H2;1H. The maximum atomic E-state index is 5.58. The second kappa shape index (κ2) is 3.90. The van der Waals surface area contributed by atoms with Crippen LogP contribution in [0.2, 0.25) is 0 Å². The fraction of sp³-hybridized carbons (Fsp3) is 0.111. The van der Waals surface area contributed by atoms with E-state index in [2.05, 4.69) is 29.6 Å². The minimum atomic E-state index is 0. The number of thiophene rings is 1. The summed E-state index contributed by atoms with van der Waals surface area (Å²) in [6.45, 7) is 0.633. The van der Waals surface area contributed by atoms with E-state index in [1.54, 1.807) is 11.3 Å². The molecular weight excluding hydrogens is 190 g/mol. The van der Waals surface area contributed by atoms with Crippen molar-refractivity contribution in [1.29, 1.82) is 0 Å². The average Bonchev–Trinajstić information content (AvgIpc) is 2.50. The van der Waals surface area contributed by atoms with Gasteiger partial charge in [0.15, 0.2) is 0 Å². The number of benzene rings is 1. The van der Waals surface area contributed by atoms with Crippen LogP contribution in [0.25, 0.3) is 10.1 Å². The number of nitrogens with two attached hydrogens (primary N) is 1. The first-order valence-corrected chi connectivity index (χ1v) is 4.45. The van der Waals surface area contributed by atoms with Crippen LogP contribution in [0.5, 0.6) is 0 Å². The molecule has 2 aromatic rings. The fourth-order valence-electron chi connectivity index (χ4n) is 1.23. The van der Waals surface area contributed by atoms with Crippen molar-refractivity contribution in [2.45, 2.75) is 6.54 Å². The summed E-state index contributed by atoms with van der Waals surface area (Å²) in [6, 6.07) is 8.39. The lowest BCUT2D eigenvalue weighted by Gasteiger charge is -1.96. The van der Waals surface area contributed by atoms with Crippen molar-refractivity contribution in [2.24, 2.45) is 5.73 Å². The summed E-state index contributed by atoms with van der Waals surface area (Å²) in [6.07, 6.45) is 0. The van der Waals surface area contributed by atoms with Gasteiger partial charge >= 0.3 is 0 Å². The molecule has 0 atom stereocenters. The van der Waals surface area contributed by atoms with Gasteiger partial charge in [-0.2, -0.15) is 0 Å². The summed E-state index contributed by atoms with van der Waals surface area (Å²) in [4.78, 5) is 0. The van der Waals surface area contributed by atoms with Gasteiger partial charge in [-0.05, 0) is 28.5 Å². The summed E-state index contributed by atoms with van der Waals surface area (Å²) in [5, 5.41) is 3.41. The lowest BCUT2D eigenvalue weighted by molar-refractivity contribution is 1.09. The maximum absolute atomic E-state index is 5.58. The molecule has 1 heterocycles. The van der Waals surface area contributed by atoms with E-state index in [1.165, 1.54) is 15.6 Å². The van der Waals surface area contributed by atoms with Crippen LogP contribution in [0.1, 0.15) is 5.56 Å². The molecule has 1 aromatic carbocycles. The van der Waals surface area contributed by atoms with E-state index in [9.17, 15) is 0 Å². The molecule has 0 aliphatic heterocycles. The molecule has 0 aliphatic rings. The van der Waals surface area contributed by atoms with E-state index < -0.39 is 0 Å². The topological polar surface area (TPSA) is 26.0 Å². The number of hydrogen-bond acceptors (Lipinski definition) is 2. The third-order valence-corrected chi connectivity index (χ3v) is 2.69. The predicted molar refractivity (Wildman–Crippen MR) is 57.0 cm³/mol. The Morgan fingerprint density at radius 1 is 1.25 bits per heavy atom. The van der Waals surface area contributed by atoms with Crippen molar-refractivity contribution < 1.29 is 0 Å². The molecule has 0 amide bonds. The smallest absolute Gasteiger partial charge is 0.0345 e. The van der Waals surface area contributed by atoms with E-state index in [4.69, 9.17) is 5.73 Å². The zero-order chi connectivity index (χ0) is 7.68. The molecule has 0 bridgehead atoms.